The molecular weight excluding hydrogens is 352 g/mol. The van der Waals surface area contributed by atoms with Gasteiger partial charge in [0.05, 0.1) is 12.6 Å². The topological polar surface area (TPSA) is 24.8 Å². The molecule has 0 bridgehead atoms. The van der Waals surface area contributed by atoms with Crippen LogP contribution in [0.2, 0.25) is 0 Å². The minimum absolute atomic E-state index is 0.357. The zero-order valence-corrected chi connectivity index (χ0v) is 17.2. The van der Waals surface area contributed by atoms with Crippen molar-refractivity contribution in [2.24, 2.45) is 5.10 Å². The van der Waals surface area contributed by atoms with Crippen molar-refractivity contribution >= 4 is 18.0 Å². The molecule has 0 spiro atoms. The standard InChI is InChI=1S/C23H30N2OS/c1-19-9-6-7-12-21(19)15-23(27-18-20-10-4-3-5-11-20)16-24-25-14-8-13-22(25)17-26-2/h3-7,9-12,16,22-23H,8,13-15,17-18H2,1-2H3/b24-16+/t22-,23-/m0/s1. The van der Waals surface area contributed by atoms with E-state index in [4.69, 9.17) is 9.84 Å². The van der Waals surface area contributed by atoms with Crippen LogP contribution in [-0.2, 0) is 16.9 Å². The number of ether oxygens (including phenoxy) is 1. The normalized spacial score (nSPS) is 18.3. The first kappa shape index (κ1) is 20.0. The Bertz CT molecular complexity index is 719. The summed E-state index contributed by atoms with van der Waals surface area (Å²) in [7, 11) is 1.77. The molecule has 0 unspecified atom stereocenters. The number of benzene rings is 2. The molecule has 0 aromatic heterocycles. The Morgan fingerprint density at radius 3 is 2.74 bits per heavy atom. The summed E-state index contributed by atoms with van der Waals surface area (Å²) in [6.45, 7) is 3.99. The van der Waals surface area contributed by atoms with Crippen molar-refractivity contribution in [2.75, 3.05) is 20.3 Å². The Morgan fingerprint density at radius 1 is 1.19 bits per heavy atom. The zero-order valence-electron chi connectivity index (χ0n) is 16.4. The lowest BCUT2D eigenvalue weighted by Gasteiger charge is -2.22. The van der Waals surface area contributed by atoms with Gasteiger partial charge in [-0.05, 0) is 42.9 Å². The summed E-state index contributed by atoms with van der Waals surface area (Å²) in [5.74, 6) is 1.00. The van der Waals surface area contributed by atoms with Crippen LogP contribution in [0.4, 0.5) is 0 Å². The highest BCUT2D eigenvalue weighted by molar-refractivity contribution is 7.99. The Morgan fingerprint density at radius 2 is 1.96 bits per heavy atom. The van der Waals surface area contributed by atoms with Crippen LogP contribution >= 0.6 is 11.8 Å². The lowest BCUT2D eigenvalue weighted by molar-refractivity contribution is 0.118. The van der Waals surface area contributed by atoms with Gasteiger partial charge < -0.3 is 4.74 Å². The van der Waals surface area contributed by atoms with Gasteiger partial charge in [0, 0.05) is 30.9 Å². The van der Waals surface area contributed by atoms with E-state index in [0.29, 0.717) is 11.3 Å². The van der Waals surface area contributed by atoms with E-state index >= 15 is 0 Å². The first-order chi connectivity index (χ1) is 13.3. The molecule has 2 aromatic carbocycles. The van der Waals surface area contributed by atoms with Gasteiger partial charge in [-0.1, -0.05) is 54.6 Å². The van der Waals surface area contributed by atoms with Crippen molar-refractivity contribution in [1.29, 1.82) is 0 Å². The quantitative estimate of drug-likeness (QED) is 0.575. The lowest BCUT2D eigenvalue weighted by atomic mass is 10.0. The maximum atomic E-state index is 5.36. The lowest BCUT2D eigenvalue weighted by Crippen LogP contribution is -2.29. The molecule has 0 amide bonds. The van der Waals surface area contributed by atoms with Crippen molar-refractivity contribution in [3.05, 3.63) is 71.3 Å². The summed E-state index contributed by atoms with van der Waals surface area (Å²) in [5, 5.41) is 7.45. The van der Waals surface area contributed by atoms with Gasteiger partial charge in [0.25, 0.3) is 0 Å². The Balaban J connectivity index is 1.68. The van der Waals surface area contributed by atoms with Gasteiger partial charge in [-0.15, -0.1) is 11.8 Å². The number of thioether (sulfide) groups is 1. The van der Waals surface area contributed by atoms with E-state index in [1.165, 1.54) is 29.5 Å². The van der Waals surface area contributed by atoms with E-state index in [9.17, 15) is 0 Å². The monoisotopic (exact) mass is 382 g/mol. The number of rotatable bonds is 9. The number of hydrogen-bond donors (Lipinski definition) is 0. The van der Waals surface area contributed by atoms with Gasteiger partial charge in [-0.3, -0.25) is 5.01 Å². The fraction of sp³-hybridized carbons (Fsp3) is 0.435. The largest absolute Gasteiger partial charge is 0.382 e. The minimum Gasteiger partial charge on any atom is -0.382 e. The molecule has 27 heavy (non-hydrogen) atoms. The summed E-state index contributed by atoms with van der Waals surface area (Å²) in [5.41, 5.74) is 4.13. The molecule has 0 saturated carbocycles. The molecule has 2 aromatic rings. The predicted molar refractivity (Wildman–Crippen MR) is 117 cm³/mol. The van der Waals surface area contributed by atoms with E-state index in [1.807, 2.05) is 11.8 Å². The van der Waals surface area contributed by atoms with Crippen molar-refractivity contribution in [3.63, 3.8) is 0 Å². The summed E-state index contributed by atoms with van der Waals surface area (Å²) < 4.78 is 5.36. The first-order valence-electron chi connectivity index (χ1n) is 9.76. The van der Waals surface area contributed by atoms with Gasteiger partial charge in [0.1, 0.15) is 0 Å². The van der Waals surface area contributed by atoms with E-state index in [-0.39, 0.29) is 0 Å². The molecule has 0 aliphatic carbocycles. The number of nitrogens with zero attached hydrogens (tertiary/aromatic N) is 2. The molecule has 4 heteroatoms. The average Bonchev–Trinajstić information content (AvgIpc) is 3.14. The summed E-state index contributed by atoms with van der Waals surface area (Å²) >= 11 is 1.97. The second-order valence-corrected chi connectivity index (χ2v) is 8.37. The van der Waals surface area contributed by atoms with Crippen LogP contribution in [0.1, 0.15) is 29.5 Å². The van der Waals surface area contributed by atoms with Crippen LogP contribution in [0, 0.1) is 6.92 Å². The summed E-state index contributed by atoms with van der Waals surface area (Å²) in [6, 6.07) is 19.8. The van der Waals surface area contributed by atoms with Gasteiger partial charge in [-0.25, -0.2) is 0 Å². The van der Waals surface area contributed by atoms with Crippen LogP contribution in [0.5, 0.6) is 0 Å². The van der Waals surface area contributed by atoms with Gasteiger partial charge >= 0.3 is 0 Å². The fourth-order valence-electron chi connectivity index (χ4n) is 3.48. The second kappa shape index (κ2) is 10.5. The molecule has 1 aliphatic rings. The molecule has 1 heterocycles. The molecule has 0 radical (unpaired) electrons. The summed E-state index contributed by atoms with van der Waals surface area (Å²) in [6.07, 6.45) is 5.54. The highest BCUT2D eigenvalue weighted by Crippen LogP contribution is 2.23. The van der Waals surface area contributed by atoms with Crippen molar-refractivity contribution < 1.29 is 4.74 Å². The van der Waals surface area contributed by atoms with Gasteiger partial charge in [-0.2, -0.15) is 5.10 Å². The van der Waals surface area contributed by atoms with Gasteiger partial charge in [0.2, 0.25) is 0 Å². The molecule has 144 valence electrons. The molecule has 0 N–H and O–H groups in total. The molecule has 3 nitrogen and oxygen atoms in total. The molecular formula is C23H30N2OS. The van der Waals surface area contributed by atoms with Crippen LogP contribution in [0.15, 0.2) is 59.7 Å². The van der Waals surface area contributed by atoms with Crippen LogP contribution in [0.3, 0.4) is 0 Å². The maximum Gasteiger partial charge on any atom is 0.0704 e. The molecule has 3 rings (SSSR count). The molecule has 1 aliphatic heterocycles. The van der Waals surface area contributed by atoms with Crippen LogP contribution in [-0.4, -0.2) is 42.8 Å². The van der Waals surface area contributed by atoms with Gasteiger partial charge in [0.15, 0.2) is 0 Å². The van der Waals surface area contributed by atoms with Crippen LogP contribution in [0.25, 0.3) is 0 Å². The minimum atomic E-state index is 0.357. The predicted octanol–water partition coefficient (Wildman–Crippen LogP) is 4.94. The highest BCUT2D eigenvalue weighted by Gasteiger charge is 2.23. The summed E-state index contributed by atoms with van der Waals surface area (Å²) in [4.78, 5) is 0. The van der Waals surface area contributed by atoms with E-state index in [2.05, 4.69) is 72.7 Å². The van der Waals surface area contributed by atoms with E-state index in [1.54, 1.807) is 7.11 Å². The Kier molecular flexibility index (Phi) is 7.79. The van der Waals surface area contributed by atoms with Crippen molar-refractivity contribution in [3.8, 4) is 0 Å². The van der Waals surface area contributed by atoms with Crippen LogP contribution < -0.4 is 0 Å². The third-order valence-electron chi connectivity index (χ3n) is 5.08. The molecule has 1 saturated heterocycles. The number of aryl methyl sites for hydroxylation is 1. The van der Waals surface area contributed by atoms with Crippen molar-refractivity contribution in [2.45, 2.75) is 43.2 Å². The third kappa shape index (κ3) is 6.12. The number of hydrogen-bond acceptors (Lipinski definition) is 4. The highest BCUT2D eigenvalue weighted by atomic mass is 32.2. The first-order valence-corrected chi connectivity index (χ1v) is 10.8. The molecule has 2 atom stereocenters. The second-order valence-electron chi connectivity index (χ2n) is 7.14. The fourth-order valence-corrected chi connectivity index (χ4v) is 4.52. The maximum absolute atomic E-state index is 5.36. The smallest absolute Gasteiger partial charge is 0.0704 e. The average molecular weight is 383 g/mol. The SMILES string of the molecule is COC[C@@H]1CCCN1/N=C/[C@H](Cc1ccccc1C)SCc1ccccc1. The Labute approximate surface area is 167 Å². The van der Waals surface area contributed by atoms with E-state index in [0.717, 1.165) is 25.3 Å². The van der Waals surface area contributed by atoms with E-state index < -0.39 is 0 Å². The number of hydrazone groups is 1. The zero-order chi connectivity index (χ0) is 18.9. The third-order valence-corrected chi connectivity index (χ3v) is 6.29. The Hall–Kier alpha value is -1.78. The molecule has 1 fully saturated rings. The number of methoxy groups -OCH3 is 1. The van der Waals surface area contributed by atoms with Crippen molar-refractivity contribution in [1.82, 2.24) is 5.01 Å².